The zero-order valence-corrected chi connectivity index (χ0v) is 11.0. The first kappa shape index (κ1) is 12.7. The van der Waals surface area contributed by atoms with Crippen molar-refractivity contribution >= 4 is 6.09 Å². The first-order valence-corrected chi connectivity index (χ1v) is 6.48. The van der Waals surface area contributed by atoms with Gasteiger partial charge >= 0.3 is 6.09 Å². The van der Waals surface area contributed by atoms with Gasteiger partial charge in [-0.15, -0.1) is 0 Å². The monoisotopic (exact) mass is 241 g/mol. The molecule has 0 radical (unpaired) electrons. The third kappa shape index (κ3) is 2.73. The van der Waals surface area contributed by atoms with E-state index in [0.717, 1.165) is 19.3 Å². The Balaban J connectivity index is 1.97. The number of alkyl carbamates (subject to hydrolysis) is 1. The Kier molecular flexibility index (Phi) is 3.10. The highest BCUT2D eigenvalue weighted by molar-refractivity contribution is 5.69. The lowest BCUT2D eigenvalue weighted by molar-refractivity contribution is 0.0316. The van der Waals surface area contributed by atoms with Crippen LogP contribution in [-0.2, 0) is 4.74 Å². The zero-order chi connectivity index (χ0) is 12.7. The standard InChI is InChI=1S/C13H23NO3/c1-12(2,3)17-11(16)14-13(8-15)6-4-5-9-7-10(9)13/h9-10,15H,4-8H2,1-3H3,(H,14,16). The summed E-state index contributed by atoms with van der Waals surface area (Å²) in [5, 5.41) is 12.5. The molecule has 0 aromatic rings. The van der Waals surface area contributed by atoms with Crippen molar-refractivity contribution in [2.24, 2.45) is 11.8 Å². The average Bonchev–Trinajstić information content (AvgIpc) is 2.94. The van der Waals surface area contributed by atoms with Crippen molar-refractivity contribution in [3.8, 4) is 0 Å². The van der Waals surface area contributed by atoms with Gasteiger partial charge in [-0.25, -0.2) is 4.79 Å². The van der Waals surface area contributed by atoms with Crippen molar-refractivity contribution in [3.63, 3.8) is 0 Å². The molecule has 2 aliphatic carbocycles. The van der Waals surface area contributed by atoms with E-state index in [1.54, 1.807) is 0 Å². The highest BCUT2D eigenvalue weighted by Gasteiger charge is 2.55. The van der Waals surface area contributed by atoms with Gasteiger partial charge in [0.25, 0.3) is 0 Å². The molecule has 0 bridgehead atoms. The summed E-state index contributed by atoms with van der Waals surface area (Å²) in [6.45, 7) is 5.56. The minimum absolute atomic E-state index is 0.0212. The van der Waals surface area contributed by atoms with Gasteiger partial charge in [0.2, 0.25) is 0 Å². The van der Waals surface area contributed by atoms with Crippen LogP contribution in [-0.4, -0.2) is 28.9 Å². The maximum Gasteiger partial charge on any atom is 0.408 e. The molecule has 0 aromatic carbocycles. The molecule has 2 fully saturated rings. The lowest BCUT2D eigenvalue weighted by Gasteiger charge is -2.37. The summed E-state index contributed by atoms with van der Waals surface area (Å²) in [4.78, 5) is 11.8. The Labute approximate surface area is 103 Å². The third-order valence-electron chi connectivity index (χ3n) is 3.86. The number of rotatable bonds is 2. The number of aliphatic hydroxyl groups is 1. The van der Waals surface area contributed by atoms with E-state index in [4.69, 9.17) is 4.74 Å². The fourth-order valence-electron chi connectivity index (χ4n) is 3.01. The van der Waals surface area contributed by atoms with Crippen molar-refractivity contribution in [1.29, 1.82) is 0 Å². The second-order valence-electron chi connectivity index (χ2n) is 6.44. The molecule has 4 heteroatoms. The van der Waals surface area contributed by atoms with E-state index in [9.17, 15) is 9.90 Å². The molecule has 3 atom stereocenters. The Morgan fingerprint density at radius 2 is 2.24 bits per heavy atom. The fraction of sp³-hybridized carbons (Fsp3) is 0.923. The number of aliphatic hydroxyl groups excluding tert-OH is 1. The fourth-order valence-corrected chi connectivity index (χ4v) is 3.01. The van der Waals surface area contributed by atoms with E-state index in [2.05, 4.69) is 5.32 Å². The van der Waals surface area contributed by atoms with Gasteiger partial charge in [-0.1, -0.05) is 6.42 Å². The number of amides is 1. The molecule has 17 heavy (non-hydrogen) atoms. The minimum Gasteiger partial charge on any atom is -0.444 e. The van der Waals surface area contributed by atoms with Crippen LogP contribution in [0.25, 0.3) is 0 Å². The van der Waals surface area contributed by atoms with Gasteiger partial charge < -0.3 is 15.2 Å². The van der Waals surface area contributed by atoms with Crippen LogP contribution < -0.4 is 5.32 Å². The van der Waals surface area contributed by atoms with Gasteiger partial charge in [-0.2, -0.15) is 0 Å². The summed E-state index contributed by atoms with van der Waals surface area (Å²) in [5.74, 6) is 1.15. The molecule has 2 aliphatic rings. The Bertz CT molecular complexity index is 310. The van der Waals surface area contributed by atoms with Crippen molar-refractivity contribution in [1.82, 2.24) is 5.32 Å². The Hall–Kier alpha value is -0.770. The maximum absolute atomic E-state index is 11.8. The maximum atomic E-state index is 11.8. The number of hydrogen-bond acceptors (Lipinski definition) is 3. The topological polar surface area (TPSA) is 58.6 Å². The van der Waals surface area contributed by atoms with Gasteiger partial charge in [0, 0.05) is 0 Å². The van der Waals surface area contributed by atoms with E-state index in [1.807, 2.05) is 20.8 Å². The summed E-state index contributed by atoms with van der Waals surface area (Å²) in [7, 11) is 0. The summed E-state index contributed by atoms with van der Waals surface area (Å²) in [5.41, 5.74) is -0.913. The molecular formula is C13H23NO3. The van der Waals surface area contributed by atoms with Crippen molar-refractivity contribution < 1.29 is 14.6 Å². The number of hydrogen-bond donors (Lipinski definition) is 2. The van der Waals surface area contributed by atoms with Crippen molar-refractivity contribution in [2.75, 3.05) is 6.61 Å². The van der Waals surface area contributed by atoms with E-state index >= 15 is 0 Å². The van der Waals surface area contributed by atoms with Crippen LogP contribution in [0.5, 0.6) is 0 Å². The van der Waals surface area contributed by atoms with E-state index in [1.165, 1.54) is 6.42 Å². The molecule has 0 aromatic heterocycles. The second-order valence-corrected chi connectivity index (χ2v) is 6.44. The number of carbonyl (C=O) groups excluding carboxylic acids is 1. The van der Waals surface area contributed by atoms with E-state index in [0.29, 0.717) is 11.8 Å². The lowest BCUT2D eigenvalue weighted by atomic mass is 9.82. The molecular weight excluding hydrogens is 218 g/mol. The van der Waals surface area contributed by atoms with E-state index in [-0.39, 0.29) is 6.61 Å². The number of fused-ring (bicyclic) bond motifs is 1. The van der Waals surface area contributed by atoms with Gasteiger partial charge in [0.05, 0.1) is 12.1 Å². The molecule has 0 heterocycles. The van der Waals surface area contributed by atoms with Crippen LogP contribution in [0, 0.1) is 11.8 Å². The van der Waals surface area contributed by atoms with Crippen LogP contribution >= 0.6 is 0 Å². The molecule has 2 saturated carbocycles. The van der Waals surface area contributed by atoms with Gasteiger partial charge in [0.15, 0.2) is 0 Å². The Morgan fingerprint density at radius 3 is 2.82 bits per heavy atom. The predicted octanol–water partition coefficient (Wildman–Crippen LogP) is 2.06. The highest BCUT2D eigenvalue weighted by Crippen LogP contribution is 2.54. The lowest BCUT2D eigenvalue weighted by Crippen LogP contribution is -2.55. The average molecular weight is 241 g/mol. The molecule has 0 aliphatic heterocycles. The third-order valence-corrected chi connectivity index (χ3v) is 3.86. The van der Waals surface area contributed by atoms with Crippen LogP contribution in [0.15, 0.2) is 0 Å². The molecule has 0 saturated heterocycles. The summed E-state index contributed by atoms with van der Waals surface area (Å²) in [6.07, 6.45) is 3.92. The number of nitrogens with one attached hydrogen (secondary N) is 1. The van der Waals surface area contributed by atoms with Gasteiger partial charge in [-0.3, -0.25) is 0 Å². The predicted molar refractivity (Wildman–Crippen MR) is 64.6 cm³/mol. The van der Waals surface area contributed by atoms with E-state index < -0.39 is 17.2 Å². The summed E-state index contributed by atoms with van der Waals surface area (Å²) < 4.78 is 5.27. The van der Waals surface area contributed by atoms with Crippen LogP contribution in [0.2, 0.25) is 0 Å². The molecule has 2 rings (SSSR count). The van der Waals surface area contributed by atoms with Crippen LogP contribution in [0.3, 0.4) is 0 Å². The SMILES string of the molecule is CC(C)(C)OC(=O)NC1(CO)CCCC2CC21. The molecule has 2 N–H and O–H groups in total. The minimum atomic E-state index is -0.488. The number of carbonyl (C=O) groups is 1. The van der Waals surface area contributed by atoms with Crippen molar-refractivity contribution in [3.05, 3.63) is 0 Å². The van der Waals surface area contributed by atoms with Gasteiger partial charge in [-0.05, 0) is 51.9 Å². The quantitative estimate of drug-likeness (QED) is 0.778. The second kappa shape index (κ2) is 4.16. The molecule has 0 spiro atoms. The van der Waals surface area contributed by atoms with Crippen LogP contribution in [0.4, 0.5) is 4.79 Å². The molecule has 4 nitrogen and oxygen atoms in total. The largest absolute Gasteiger partial charge is 0.444 e. The summed E-state index contributed by atoms with van der Waals surface area (Å²) >= 11 is 0. The highest BCUT2D eigenvalue weighted by atomic mass is 16.6. The number of ether oxygens (including phenoxy) is 1. The smallest absolute Gasteiger partial charge is 0.408 e. The van der Waals surface area contributed by atoms with Crippen molar-refractivity contribution in [2.45, 2.75) is 57.6 Å². The van der Waals surface area contributed by atoms with Crippen LogP contribution in [0.1, 0.15) is 46.5 Å². The molecule has 98 valence electrons. The Morgan fingerprint density at radius 1 is 1.53 bits per heavy atom. The first-order valence-electron chi connectivity index (χ1n) is 6.48. The first-order chi connectivity index (χ1) is 7.86. The molecule has 1 amide bonds. The summed E-state index contributed by atoms with van der Waals surface area (Å²) in [6, 6.07) is 0. The zero-order valence-electron chi connectivity index (χ0n) is 11.0. The normalized spacial score (nSPS) is 36.0. The van der Waals surface area contributed by atoms with Gasteiger partial charge in [0.1, 0.15) is 5.60 Å². The molecule has 3 unspecified atom stereocenters.